The average molecular weight is 436 g/mol. The summed E-state index contributed by atoms with van der Waals surface area (Å²) in [5, 5.41) is 0. The Morgan fingerprint density at radius 3 is 1.69 bits per heavy atom. The molecule has 0 fully saturated rings. The third-order valence-corrected chi connectivity index (χ3v) is 8.18. The summed E-state index contributed by atoms with van der Waals surface area (Å²) in [7, 11) is -3.59. The van der Waals surface area contributed by atoms with Gasteiger partial charge in [-0.3, -0.25) is 4.18 Å². The maximum Gasteiger partial charge on any atom is 0.277 e. The van der Waals surface area contributed by atoms with E-state index in [1.165, 1.54) is 77.0 Å². The van der Waals surface area contributed by atoms with Crippen LogP contribution >= 0.6 is 0 Å². The molecule has 1 aliphatic rings. The van der Waals surface area contributed by atoms with Crippen molar-refractivity contribution in [3.8, 4) is 0 Å². The topological polar surface area (TPSA) is 43.4 Å². The number of rotatable bonds is 17. The third kappa shape index (κ3) is 11.5. The summed E-state index contributed by atoms with van der Waals surface area (Å²) in [5.74, 6) is -0.0705. The Kier molecular flexibility index (Phi) is 17.2. The first kappa shape index (κ1) is 29.4. The van der Waals surface area contributed by atoms with Crippen LogP contribution in [0, 0.1) is 5.92 Å². The molecule has 165 valence electrons. The van der Waals surface area contributed by atoms with Crippen LogP contribution in [0.4, 0.5) is 0 Å². The first-order valence-corrected chi connectivity index (χ1v) is 13.1. The molecule has 29 heavy (non-hydrogen) atoms. The van der Waals surface area contributed by atoms with Crippen LogP contribution in [0.2, 0.25) is 0 Å². The zero-order valence-corrected chi connectivity index (χ0v) is 22.4. The van der Waals surface area contributed by atoms with Crippen molar-refractivity contribution >= 4 is 39.7 Å². The fraction of sp³-hybridized carbons (Fsp3) is 0.833. The molecule has 0 heterocycles. The Bertz CT molecular complexity index is 556. The predicted octanol–water partition coefficient (Wildman–Crippen LogP) is 6.95. The van der Waals surface area contributed by atoms with Gasteiger partial charge in [0.1, 0.15) is 4.75 Å². The Labute approximate surface area is 203 Å². The van der Waals surface area contributed by atoms with Crippen LogP contribution in [-0.2, 0) is 14.3 Å². The molecule has 0 saturated heterocycles. The summed E-state index contributed by atoms with van der Waals surface area (Å²) < 4.78 is 29.5. The van der Waals surface area contributed by atoms with Gasteiger partial charge >= 0.3 is 0 Å². The van der Waals surface area contributed by atoms with Gasteiger partial charge in [-0.15, -0.1) is 0 Å². The number of hydrogen-bond acceptors (Lipinski definition) is 3. The van der Waals surface area contributed by atoms with E-state index in [1.807, 2.05) is 19.1 Å². The van der Waals surface area contributed by atoms with E-state index >= 15 is 0 Å². The molecule has 1 aliphatic carbocycles. The molecule has 0 bridgehead atoms. The molecule has 5 heteroatoms. The fourth-order valence-corrected chi connectivity index (χ4v) is 5.09. The quantitative estimate of drug-likeness (QED) is 0.141. The minimum atomic E-state index is -3.59. The molecule has 0 aromatic carbocycles. The zero-order valence-electron chi connectivity index (χ0n) is 19.6. The predicted molar refractivity (Wildman–Crippen MR) is 127 cm³/mol. The van der Waals surface area contributed by atoms with E-state index in [-0.39, 0.29) is 35.5 Å². The van der Waals surface area contributed by atoms with Gasteiger partial charge < -0.3 is 0 Å². The molecule has 3 nitrogen and oxygen atoms in total. The molecule has 0 aromatic heterocycles. The second kappa shape index (κ2) is 17.0. The largest absolute Gasteiger partial charge is 0.277 e. The number of allylic oxidation sites excluding steroid dienone is 3. The Morgan fingerprint density at radius 2 is 1.24 bits per heavy atom. The van der Waals surface area contributed by atoms with Crippen molar-refractivity contribution in [1.82, 2.24) is 0 Å². The molecule has 2 unspecified atom stereocenters. The molecule has 0 spiro atoms. The van der Waals surface area contributed by atoms with E-state index in [0.29, 0.717) is 6.61 Å². The van der Waals surface area contributed by atoms with Gasteiger partial charge in [-0.05, 0) is 19.3 Å². The van der Waals surface area contributed by atoms with Gasteiger partial charge in [0.05, 0.1) is 6.61 Å². The van der Waals surface area contributed by atoms with Crippen molar-refractivity contribution in [2.24, 2.45) is 5.92 Å². The summed E-state index contributed by atoms with van der Waals surface area (Å²) in [4.78, 5) is 0. The van der Waals surface area contributed by atoms with Gasteiger partial charge in [-0.1, -0.05) is 122 Å². The van der Waals surface area contributed by atoms with E-state index in [4.69, 9.17) is 4.18 Å². The van der Waals surface area contributed by atoms with Crippen molar-refractivity contribution in [1.29, 1.82) is 0 Å². The average Bonchev–Trinajstić information content (AvgIpc) is 2.67. The molecule has 0 aliphatic heterocycles. The maximum atomic E-state index is 12.5. The minimum Gasteiger partial charge on any atom is -0.269 e. The van der Waals surface area contributed by atoms with Crippen LogP contribution in [0.3, 0.4) is 0 Å². The fourth-order valence-electron chi connectivity index (χ4n) is 3.72. The van der Waals surface area contributed by atoms with Gasteiger partial charge in [0.25, 0.3) is 10.1 Å². The van der Waals surface area contributed by atoms with Crippen LogP contribution in [0.25, 0.3) is 0 Å². The summed E-state index contributed by atoms with van der Waals surface area (Å²) in [5.41, 5.74) is 0. The smallest absolute Gasteiger partial charge is 0.269 e. The molecular formula is C24H44NaO3S. The summed E-state index contributed by atoms with van der Waals surface area (Å²) in [6.07, 6.45) is 25.4. The van der Waals surface area contributed by atoms with Gasteiger partial charge in [-0.25, -0.2) is 0 Å². The zero-order chi connectivity index (χ0) is 20.7. The van der Waals surface area contributed by atoms with Crippen molar-refractivity contribution in [2.45, 2.75) is 115 Å². The van der Waals surface area contributed by atoms with E-state index in [0.717, 1.165) is 12.8 Å². The SMILES string of the molecule is CCCCCCCCCCCCCCCCOS(=O)(=O)C1(C)C=CC=CC1C.[Na]. The van der Waals surface area contributed by atoms with Gasteiger partial charge in [0.15, 0.2) is 0 Å². The standard InChI is InChI=1S/C24H44O3S.Na/c1-4-5-6-7-8-9-10-11-12-13-14-15-16-19-22-27-28(25,26)24(3)21-18-17-20-23(24)2;/h17-18,20-21,23H,4-16,19,22H2,1-3H3;. The van der Waals surface area contributed by atoms with Crippen LogP contribution in [0.1, 0.15) is 111 Å². The van der Waals surface area contributed by atoms with Crippen LogP contribution in [0.15, 0.2) is 24.3 Å². The molecule has 0 amide bonds. The normalized spacial score (nSPS) is 21.3. The van der Waals surface area contributed by atoms with Crippen molar-refractivity contribution in [3.05, 3.63) is 24.3 Å². The summed E-state index contributed by atoms with van der Waals surface area (Å²) in [6.45, 7) is 6.24. The van der Waals surface area contributed by atoms with Gasteiger partial charge in [-0.2, -0.15) is 8.42 Å². The number of hydrogen-bond donors (Lipinski definition) is 0. The molecule has 1 rings (SSSR count). The molecule has 2 atom stereocenters. The second-order valence-corrected chi connectivity index (χ2v) is 10.6. The van der Waals surface area contributed by atoms with E-state index < -0.39 is 14.9 Å². The molecule has 0 aromatic rings. The molecule has 0 saturated carbocycles. The van der Waals surface area contributed by atoms with Crippen molar-refractivity contribution < 1.29 is 12.6 Å². The number of unbranched alkanes of at least 4 members (excludes halogenated alkanes) is 13. The van der Waals surface area contributed by atoms with E-state index in [9.17, 15) is 8.42 Å². The van der Waals surface area contributed by atoms with Crippen LogP contribution in [-0.4, -0.2) is 49.3 Å². The first-order valence-electron chi connectivity index (χ1n) is 11.7. The van der Waals surface area contributed by atoms with Crippen molar-refractivity contribution in [2.75, 3.05) is 6.61 Å². The minimum absolute atomic E-state index is 0. The van der Waals surface area contributed by atoms with Gasteiger partial charge in [0, 0.05) is 29.6 Å². The first-order chi connectivity index (χ1) is 13.4. The van der Waals surface area contributed by atoms with Crippen LogP contribution < -0.4 is 0 Å². The van der Waals surface area contributed by atoms with E-state index in [1.54, 1.807) is 19.1 Å². The molecule has 1 radical (unpaired) electrons. The second-order valence-electron chi connectivity index (χ2n) is 8.59. The monoisotopic (exact) mass is 435 g/mol. The Balaban J connectivity index is 0.00000784. The molecule has 0 N–H and O–H groups in total. The third-order valence-electron chi connectivity index (χ3n) is 6.12. The van der Waals surface area contributed by atoms with Gasteiger partial charge in [0.2, 0.25) is 0 Å². The van der Waals surface area contributed by atoms with Crippen molar-refractivity contribution in [3.63, 3.8) is 0 Å². The Morgan fingerprint density at radius 1 is 0.793 bits per heavy atom. The summed E-state index contributed by atoms with van der Waals surface area (Å²) in [6, 6.07) is 0. The molecular weight excluding hydrogens is 391 g/mol. The maximum absolute atomic E-state index is 12.5. The summed E-state index contributed by atoms with van der Waals surface area (Å²) >= 11 is 0. The van der Waals surface area contributed by atoms with Crippen LogP contribution in [0.5, 0.6) is 0 Å². The van der Waals surface area contributed by atoms with E-state index in [2.05, 4.69) is 6.92 Å². The Hall–Kier alpha value is 0.390.